The third-order valence-electron chi connectivity index (χ3n) is 2.89. The number of amides is 1. The molecule has 0 atom stereocenters. The average molecular weight is 299 g/mol. The molecule has 0 spiro atoms. The minimum atomic E-state index is -0.215. The summed E-state index contributed by atoms with van der Waals surface area (Å²) in [5.41, 5.74) is 2.62. The highest BCUT2D eigenvalue weighted by molar-refractivity contribution is 6.29. The molecular formula is C15H11ClN4O. The largest absolute Gasteiger partial charge is 0.357 e. The molecule has 0 fully saturated rings. The molecule has 0 aliphatic heterocycles. The monoisotopic (exact) mass is 298 g/mol. The predicted molar refractivity (Wildman–Crippen MR) is 81.2 cm³/mol. The first kappa shape index (κ1) is 13.3. The van der Waals surface area contributed by atoms with Crippen LogP contribution in [0.3, 0.4) is 0 Å². The second kappa shape index (κ2) is 5.76. The van der Waals surface area contributed by atoms with Gasteiger partial charge >= 0.3 is 0 Å². The van der Waals surface area contributed by atoms with Gasteiger partial charge in [-0.25, -0.2) is 9.97 Å². The number of H-pyrrole nitrogens is 1. The van der Waals surface area contributed by atoms with Crippen LogP contribution >= 0.6 is 11.6 Å². The maximum absolute atomic E-state index is 12.1. The second-order valence-corrected chi connectivity index (χ2v) is 4.74. The van der Waals surface area contributed by atoms with Crippen LogP contribution in [-0.2, 0) is 0 Å². The zero-order valence-electron chi connectivity index (χ0n) is 10.9. The molecule has 1 aromatic carbocycles. The fraction of sp³-hybridized carbons (Fsp3) is 0. The molecule has 0 radical (unpaired) electrons. The summed E-state index contributed by atoms with van der Waals surface area (Å²) in [6, 6.07) is 12.6. The number of aromatic amines is 1. The smallest absolute Gasteiger partial charge is 0.272 e. The van der Waals surface area contributed by atoms with E-state index in [1.54, 1.807) is 18.3 Å². The summed E-state index contributed by atoms with van der Waals surface area (Å²) in [5.74, 6) is -0.215. The molecule has 2 heterocycles. The van der Waals surface area contributed by atoms with Crippen molar-refractivity contribution in [2.45, 2.75) is 0 Å². The van der Waals surface area contributed by atoms with E-state index < -0.39 is 0 Å². The molecule has 1 amide bonds. The van der Waals surface area contributed by atoms with E-state index in [2.05, 4.69) is 20.3 Å². The maximum atomic E-state index is 12.1. The first-order chi connectivity index (χ1) is 10.2. The van der Waals surface area contributed by atoms with Crippen molar-refractivity contribution in [3.05, 3.63) is 65.8 Å². The van der Waals surface area contributed by atoms with E-state index in [1.165, 1.54) is 6.33 Å². The molecule has 3 rings (SSSR count). The number of para-hydroxylation sites is 1. The first-order valence-corrected chi connectivity index (χ1v) is 6.63. The van der Waals surface area contributed by atoms with Crippen LogP contribution in [0.2, 0.25) is 5.15 Å². The highest BCUT2D eigenvalue weighted by Crippen LogP contribution is 2.20. The van der Waals surface area contributed by atoms with Crippen LogP contribution in [0.5, 0.6) is 0 Å². The standard InChI is InChI=1S/C15H11ClN4O/c16-14-7-12(18-9-19-14)10-6-13(17-8-10)15(21)20-11-4-2-1-3-5-11/h1-9,17H,(H,20,21). The molecule has 0 saturated carbocycles. The maximum Gasteiger partial charge on any atom is 0.272 e. The number of halogens is 1. The zero-order valence-corrected chi connectivity index (χ0v) is 11.6. The third-order valence-corrected chi connectivity index (χ3v) is 3.10. The Kier molecular flexibility index (Phi) is 3.66. The predicted octanol–water partition coefficient (Wildman–Crippen LogP) is 3.38. The van der Waals surface area contributed by atoms with Gasteiger partial charge in [0.05, 0.1) is 5.69 Å². The number of nitrogens with one attached hydrogen (secondary N) is 2. The van der Waals surface area contributed by atoms with E-state index in [-0.39, 0.29) is 5.91 Å². The van der Waals surface area contributed by atoms with Crippen molar-refractivity contribution < 1.29 is 4.79 Å². The Balaban J connectivity index is 1.80. The van der Waals surface area contributed by atoms with Crippen molar-refractivity contribution in [2.75, 3.05) is 5.32 Å². The fourth-order valence-corrected chi connectivity index (χ4v) is 2.03. The van der Waals surface area contributed by atoms with Gasteiger partial charge in [-0.2, -0.15) is 0 Å². The van der Waals surface area contributed by atoms with Crippen molar-refractivity contribution in [1.29, 1.82) is 0 Å². The van der Waals surface area contributed by atoms with Gasteiger partial charge in [-0.3, -0.25) is 4.79 Å². The number of hydrogen-bond acceptors (Lipinski definition) is 3. The number of carbonyl (C=O) groups is 1. The highest BCUT2D eigenvalue weighted by atomic mass is 35.5. The minimum absolute atomic E-state index is 0.215. The molecular weight excluding hydrogens is 288 g/mol. The van der Waals surface area contributed by atoms with Crippen LogP contribution in [0.25, 0.3) is 11.3 Å². The molecule has 104 valence electrons. The Morgan fingerprint density at radius 1 is 1.14 bits per heavy atom. The Labute approximate surface area is 126 Å². The second-order valence-electron chi connectivity index (χ2n) is 4.35. The van der Waals surface area contributed by atoms with Gasteiger partial charge in [0, 0.05) is 23.5 Å². The van der Waals surface area contributed by atoms with E-state index in [1.807, 2.05) is 30.3 Å². The molecule has 6 heteroatoms. The molecule has 0 aliphatic carbocycles. The molecule has 2 aromatic heterocycles. The Bertz CT molecular complexity index is 770. The zero-order chi connectivity index (χ0) is 14.7. The van der Waals surface area contributed by atoms with Gasteiger partial charge in [0.2, 0.25) is 0 Å². The lowest BCUT2D eigenvalue weighted by Gasteiger charge is -2.02. The van der Waals surface area contributed by atoms with E-state index in [4.69, 9.17) is 11.6 Å². The van der Waals surface area contributed by atoms with E-state index in [0.717, 1.165) is 11.3 Å². The number of hydrogen-bond donors (Lipinski definition) is 2. The Hall–Kier alpha value is -2.66. The van der Waals surface area contributed by atoms with Gasteiger partial charge in [0.25, 0.3) is 5.91 Å². The van der Waals surface area contributed by atoms with Crippen molar-refractivity contribution in [1.82, 2.24) is 15.0 Å². The lowest BCUT2D eigenvalue weighted by Crippen LogP contribution is -2.11. The van der Waals surface area contributed by atoms with E-state index in [0.29, 0.717) is 16.5 Å². The van der Waals surface area contributed by atoms with Crippen LogP contribution in [0.15, 0.2) is 55.0 Å². The number of aromatic nitrogens is 3. The summed E-state index contributed by atoms with van der Waals surface area (Å²) in [7, 11) is 0. The molecule has 0 saturated heterocycles. The number of carbonyl (C=O) groups excluding carboxylic acids is 1. The van der Waals surface area contributed by atoms with Crippen LogP contribution < -0.4 is 5.32 Å². The van der Waals surface area contributed by atoms with Crippen molar-refractivity contribution in [3.63, 3.8) is 0 Å². The summed E-state index contributed by atoms with van der Waals surface area (Å²) in [6.45, 7) is 0. The molecule has 0 unspecified atom stereocenters. The van der Waals surface area contributed by atoms with Gasteiger partial charge in [0.1, 0.15) is 17.2 Å². The highest BCUT2D eigenvalue weighted by Gasteiger charge is 2.10. The molecule has 0 bridgehead atoms. The summed E-state index contributed by atoms with van der Waals surface area (Å²) in [5, 5.41) is 3.16. The Morgan fingerprint density at radius 2 is 1.95 bits per heavy atom. The van der Waals surface area contributed by atoms with Gasteiger partial charge in [-0.1, -0.05) is 29.8 Å². The average Bonchev–Trinajstić information content (AvgIpc) is 2.98. The van der Waals surface area contributed by atoms with Gasteiger partial charge in [-0.15, -0.1) is 0 Å². The molecule has 21 heavy (non-hydrogen) atoms. The van der Waals surface area contributed by atoms with E-state index >= 15 is 0 Å². The normalized spacial score (nSPS) is 10.3. The van der Waals surface area contributed by atoms with E-state index in [9.17, 15) is 4.79 Å². The lowest BCUT2D eigenvalue weighted by molar-refractivity contribution is 0.102. The molecule has 0 aliphatic rings. The third kappa shape index (κ3) is 3.09. The van der Waals surface area contributed by atoms with Crippen LogP contribution in [0, 0.1) is 0 Å². The molecule has 5 nitrogen and oxygen atoms in total. The lowest BCUT2D eigenvalue weighted by atomic mass is 10.2. The van der Waals surface area contributed by atoms with Crippen molar-refractivity contribution in [2.24, 2.45) is 0 Å². The number of anilines is 1. The molecule has 2 N–H and O–H groups in total. The van der Waals surface area contributed by atoms with Crippen molar-refractivity contribution >= 4 is 23.2 Å². The summed E-state index contributed by atoms with van der Waals surface area (Å²) in [6.07, 6.45) is 3.09. The van der Waals surface area contributed by atoms with Gasteiger partial charge in [-0.05, 0) is 18.2 Å². The number of nitrogens with zero attached hydrogens (tertiary/aromatic N) is 2. The van der Waals surface area contributed by atoms with Gasteiger partial charge < -0.3 is 10.3 Å². The summed E-state index contributed by atoms with van der Waals surface area (Å²) in [4.78, 5) is 23.0. The number of rotatable bonds is 3. The van der Waals surface area contributed by atoms with Crippen LogP contribution in [0.1, 0.15) is 10.5 Å². The van der Waals surface area contributed by atoms with Crippen LogP contribution in [-0.4, -0.2) is 20.9 Å². The van der Waals surface area contributed by atoms with Crippen molar-refractivity contribution in [3.8, 4) is 11.3 Å². The first-order valence-electron chi connectivity index (χ1n) is 6.25. The molecule has 3 aromatic rings. The number of benzene rings is 1. The SMILES string of the molecule is O=C(Nc1ccccc1)c1cc(-c2cc(Cl)ncn2)c[nH]1. The quantitative estimate of drug-likeness (QED) is 0.728. The Morgan fingerprint density at radius 3 is 2.71 bits per heavy atom. The fourth-order valence-electron chi connectivity index (χ4n) is 1.88. The summed E-state index contributed by atoms with van der Waals surface area (Å²) < 4.78 is 0. The minimum Gasteiger partial charge on any atom is -0.357 e. The summed E-state index contributed by atoms with van der Waals surface area (Å²) >= 11 is 5.83. The topological polar surface area (TPSA) is 70.7 Å². The van der Waals surface area contributed by atoms with Crippen LogP contribution in [0.4, 0.5) is 5.69 Å². The van der Waals surface area contributed by atoms with Gasteiger partial charge in [0.15, 0.2) is 0 Å².